The summed E-state index contributed by atoms with van der Waals surface area (Å²) in [7, 11) is 0. The topological polar surface area (TPSA) is 53.2 Å². The number of nitrogens with one attached hydrogen (secondary N) is 3. The highest BCUT2D eigenvalue weighted by atomic mass is 32.2. The van der Waals surface area contributed by atoms with Gasteiger partial charge in [-0.15, -0.1) is 0 Å². The molecule has 2 rings (SSSR count). The van der Waals surface area contributed by atoms with Crippen LogP contribution in [0.15, 0.2) is 24.3 Å². The Morgan fingerprint density at radius 2 is 1.95 bits per heavy atom. The van der Waals surface area contributed by atoms with Crippen molar-refractivity contribution in [3.63, 3.8) is 0 Å². The summed E-state index contributed by atoms with van der Waals surface area (Å²) in [5, 5.41) is 2.46. The van der Waals surface area contributed by atoms with Gasteiger partial charge in [0.15, 0.2) is 0 Å². The number of halogens is 4. The number of rotatable bonds is 5. The molecule has 4 nitrogen and oxygen atoms in total. The van der Waals surface area contributed by atoms with Gasteiger partial charge in [0.05, 0.1) is 0 Å². The Kier molecular flexibility index (Phi) is 5.65. The quantitative estimate of drug-likeness (QED) is 0.569. The maximum atomic E-state index is 12.9. The number of benzene rings is 1. The molecule has 0 saturated carbocycles. The summed E-state index contributed by atoms with van der Waals surface area (Å²) in [6.07, 6.45) is 0.434. The van der Waals surface area contributed by atoms with Crippen LogP contribution < -0.4 is 16.2 Å². The van der Waals surface area contributed by atoms with Gasteiger partial charge >= 0.3 is 5.51 Å². The first-order valence-electron chi connectivity index (χ1n) is 6.60. The molecule has 2 unspecified atom stereocenters. The number of amides is 1. The van der Waals surface area contributed by atoms with Crippen molar-refractivity contribution in [3.05, 3.63) is 35.6 Å². The zero-order valence-corrected chi connectivity index (χ0v) is 12.2. The van der Waals surface area contributed by atoms with Crippen LogP contribution in [0.2, 0.25) is 0 Å². The smallest absolute Gasteiger partial charge is 0.354 e. The van der Waals surface area contributed by atoms with Gasteiger partial charge < -0.3 is 5.32 Å². The number of hydrazine groups is 1. The molecule has 1 aliphatic heterocycles. The van der Waals surface area contributed by atoms with Gasteiger partial charge in [0, 0.05) is 18.3 Å². The largest absolute Gasteiger partial charge is 0.441 e. The standard InChI is InChI=1S/C13H15F4N3OS/c14-9-3-1-8(2-4-9)10-7-11(20-19-10)12(21)18-5-6-22-13(15,16)17/h1-4,10-11,19-20H,5-7H2,(H,18,21). The van der Waals surface area contributed by atoms with E-state index in [0.29, 0.717) is 6.42 Å². The van der Waals surface area contributed by atoms with Gasteiger partial charge in [0.1, 0.15) is 11.9 Å². The van der Waals surface area contributed by atoms with Crippen LogP contribution in [-0.2, 0) is 4.79 Å². The molecule has 1 heterocycles. The third kappa shape index (κ3) is 5.15. The summed E-state index contributed by atoms with van der Waals surface area (Å²) < 4.78 is 48.7. The molecule has 9 heteroatoms. The van der Waals surface area contributed by atoms with Crippen LogP contribution in [0.4, 0.5) is 17.6 Å². The summed E-state index contributed by atoms with van der Waals surface area (Å²) in [4.78, 5) is 11.8. The highest BCUT2D eigenvalue weighted by Gasteiger charge is 2.31. The molecule has 0 spiro atoms. The number of hydrogen-bond acceptors (Lipinski definition) is 4. The highest BCUT2D eigenvalue weighted by Crippen LogP contribution is 2.29. The number of alkyl halides is 3. The van der Waals surface area contributed by atoms with E-state index in [1.807, 2.05) is 0 Å². The van der Waals surface area contributed by atoms with Crippen LogP contribution in [0.5, 0.6) is 0 Å². The molecular weight excluding hydrogens is 322 g/mol. The lowest BCUT2D eigenvalue weighted by molar-refractivity contribution is -0.122. The van der Waals surface area contributed by atoms with Gasteiger partial charge in [0.2, 0.25) is 5.91 Å². The molecule has 1 amide bonds. The average Bonchev–Trinajstić information content (AvgIpc) is 2.93. The second kappa shape index (κ2) is 7.30. The molecule has 1 saturated heterocycles. The van der Waals surface area contributed by atoms with Gasteiger partial charge in [-0.25, -0.2) is 15.2 Å². The van der Waals surface area contributed by atoms with Crippen LogP contribution in [0.25, 0.3) is 0 Å². The molecule has 0 aliphatic carbocycles. The molecule has 1 fully saturated rings. The van der Waals surface area contributed by atoms with Crippen molar-refractivity contribution < 1.29 is 22.4 Å². The number of carbonyl (C=O) groups is 1. The van der Waals surface area contributed by atoms with E-state index in [9.17, 15) is 22.4 Å². The van der Waals surface area contributed by atoms with E-state index in [0.717, 1.165) is 5.56 Å². The van der Waals surface area contributed by atoms with E-state index in [2.05, 4.69) is 16.2 Å². The fourth-order valence-electron chi connectivity index (χ4n) is 2.11. The zero-order valence-electron chi connectivity index (χ0n) is 11.4. The second-order valence-electron chi connectivity index (χ2n) is 4.77. The minimum absolute atomic E-state index is 0.0532. The van der Waals surface area contributed by atoms with E-state index < -0.39 is 11.6 Å². The van der Waals surface area contributed by atoms with Crippen molar-refractivity contribution >= 4 is 17.7 Å². The molecule has 0 bridgehead atoms. The maximum absolute atomic E-state index is 12.9. The van der Waals surface area contributed by atoms with Crippen LogP contribution in [0.3, 0.4) is 0 Å². The summed E-state index contributed by atoms with van der Waals surface area (Å²) >= 11 is -0.169. The summed E-state index contributed by atoms with van der Waals surface area (Å²) in [6.45, 7) is -0.0532. The third-order valence-corrected chi connectivity index (χ3v) is 3.89. The molecule has 22 heavy (non-hydrogen) atoms. The monoisotopic (exact) mass is 337 g/mol. The van der Waals surface area contributed by atoms with Crippen molar-refractivity contribution in [1.29, 1.82) is 0 Å². The number of hydrogen-bond donors (Lipinski definition) is 3. The lowest BCUT2D eigenvalue weighted by Gasteiger charge is -2.11. The SMILES string of the molecule is O=C(NCCSC(F)(F)F)C1CC(c2ccc(F)cc2)NN1. The van der Waals surface area contributed by atoms with E-state index in [-0.39, 0.29) is 41.8 Å². The Hall–Kier alpha value is -1.32. The molecule has 0 radical (unpaired) electrons. The van der Waals surface area contributed by atoms with E-state index >= 15 is 0 Å². The number of thioether (sulfide) groups is 1. The Balaban J connectivity index is 1.75. The second-order valence-corrected chi connectivity index (χ2v) is 5.93. The number of carbonyl (C=O) groups excluding carboxylic acids is 1. The van der Waals surface area contributed by atoms with E-state index in [1.165, 1.54) is 12.1 Å². The first-order chi connectivity index (χ1) is 10.3. The summed E-state index contributed by atoms with van der Waals surface area (Å²) in [5.74, 6) is -0.928. The van der Waals surface area contributed by atoms with Crippen LogP contribution in [-0.4, -0.2) is 29.8 Å². The Labute approximate surface area is 129 Å². The predicted octanol–water partition coefficient (Wildman–Crippen LogP) is 2.10. The minimum atomic E-state index is -4.29. The molecular formula is C13H15F4N3OS. The van der Waals surface area contributed by atoms with Crippen molar-refractivity contribution in [2.75, 3.05) is 12.3 Å². The molecule has 1 aliphatic rings. The third-order valence-electron chi connectivity index (χ3n) is 3.16. The van der Waals surface area contributed by atoms with Gasteiger partial charge in [-0.2, -0.15) is 13.2 Å². The zero-order chi connectivity index (χ0) is 16.2. The van der Waals surface area contributed by atoms with Crippen LogP contribution in [0, 0.1) is 5.82 Å². The van der Waals surface area contributed by atoms with Crippen molar-refractivity contribution in [2.45, 2.75) is 24.0 Å². The Morgan fingerprint density at radius 3 is 2.59 bits per heavy atom. The molecule has 2 atom stereocenters. The first kappa shape index (κ1) is 17.0. The molecule has 3 N–H and O–H groups in total. The minimum Gasteiger partial charge on any atom is -0.354 e. The fourth-order valence-corrected chi connectivity index (χ4v) is 2.54. The molecule has 1 aromatic rings. The lowest BCUT2D eigenvalue weighted by atomic mass is 10.0. The molecule has 122 valence electrons. The summed E-state index contributed by atoms with van der Waals surface area (Å²) in [6, 6.07) is 5.22. The average molecular weight is 337 g/mol. The van der Waals surface area contributed by atoms with Crippen LogP contribution in [0.1, 0.15) is 18.0 Å². The maximum Gasteiger partial charge on any atom is 0.441 e. The van der Waals surface area contributed by atoms with Crippen LogP contribution >= 0.6 is 11.8 Å². The van der Waals surface area contributed by atoms with Crippen molar-refractivity contribution in [1.82, 2.24) is 16.2 Å². The van der Waals surface area contributed by atoms with Gasteiger partial charge in [-0.3, -0.25) is 4.79 Å². The fraction of sp³-hybridized carbons (Fsp3) is 0.462. The molecule has 0 aromatic heterocycles. The van der Waals surface area contributed by atoms with Gasteiger partial charge in [-0.05, 0) is 35.9 Å². The molecule has 1 aromatic carbocycles. The van der Waals surface area contributed by atoms with E-state index in [1.54, 1.807) is 12.1 Å². The summed E-state index contributed by atoms with van der Waals surface area (Å²) in [5.41, 5.74) is 2.26. The Bertz CT molecular complexity index is 509. The van der Waals surface area contributed by atoms with Gasteiger partial charge in [0.25, 0.3) is 0 Å². The van der Waals surface area contributed by atoms with E-state index in [4.69, 9.17) is 0 Å². The van der Waals surface area contributed by atoms with Gasteiger partial charge in [-0.1, -0.05) is 12.1 Å². The first-order valence-corrected chi connectivity index (χ1v) is 7.58. The Morgan fingerprint density at radius 1 is 1.27 bits per heavy atom. The van der Waals surface area contributed by atoms with Crippen molar-refractivity contribution in [2.24, 2.45) is 0 Å². The predicted molar refractivity (Wildman–Crippen MR) is 75.3 cm³/mol. The normalized spacial score (nSPS) is 21.8. The lowest BCUT2D eigenvalue weighted by Crippen LogP contribution is -2.43. The van der Waals surface area contributed by atoms with Crippen molar-refractivity contribution in [3.8, 4) is 0 Å². The highest BCUT2D eigenvalue weighted by molar-refractivity contribution is 8.00.